The Kier molecular flexibility index (Phi) is 9.94. The number of likely N-dealkylation sites (tertiary alicyclic amines) is 1. The van der Waals surface area contributed by atoms with Gasteiger partial charge in [-0.05, 0) is 69.8 Å². The van der Waals surface area contributed by atoms with Crippen molar-refractivity contribution in [2.75, 3.05) is 19.6 Å². The predicted octanol–water partition coefficient (Wildman–Crippen LogP) is 3.66. The maximum atomic E-state index is 12.4. The lowest BCUT2D eigenvalue weighted by molar-refractivity contribution is -0.128. The molecule has 1 unspecified atom stereocenters. The Bertz CT molecular complexity index is 538. The number of carbonyl (C=O) groups is 1. The molecule has 2 fully saturated rings. The van der Waals surface area contributed by atoms with Crippen molar-refractivity contribution in [3.63, 3.8) is 0 Å². The van der Waals surface area contributed by atoms with Crippen LogP contribution in [0.4, 0.5) is 0 Å². The molecule has 26 heavy (non-hydrogen) atoms. The highest BCUT2D eigenvalue weighted by Gasteiger charge is 2.33. The molecule has 0 radical (unpaired) electrons. The van der Waals surface area contributed by atoms with E-state index in [2.05, 4.69) is 39.8 Å². The molecule has 3 rings (SSSR count). The SMILES string of the molecule is CC1(C(=O)NCc2ccc(CN3CCCCC3)cc2)CCCCN1.Cl.Cl. The number of hydrogen-bond acceptors (Lipinski definition) is 3. The number of halogens is 2. The number of amides is 1. The molecule has 1 aromatic rings. The molecule has 2 aliphatic rings. The van der Waals surface area contributed by atoms with Crippen molar-refractivity contribution in [2.24, 2.45) is 0 Å². The van der Waals surface area contributed by atoms with Crippen LogP contribution in [0.2, 0.25) is 0 Å². The average Bonchev–Trinajstić information content (AvgIpc) is 2.62. The molecule has 1 amide bonds. The average molecular weight is 402 g/mol. The number of hydrogen-bond donors (Lipinski definition) is 2. The smallest absolute Gasteiger partial charge is 0.240 e. The third kappa shape index (κ3) is 6.41. The van der Waals surface area contributed by atoms with Gasteiger partial charge >= 0.3 is 0 Å². The molecule has 0 saturated carbocycles. The summed E-state index contributed by atoms with van der Waals surface area (Å²) in [7, 11) is 0. The van der Waals surface area contributed by atoms with Crippen LogP contribution in [-0.4, -0.2) is 36.0 Å². The van der Waals surface area contributed by atoms with Crippen LogP contribution in [0.15, 0.2) is 24.3 Å². The summed E-state index contributed by atoms with van der Waals surface area (Å²) >= 11 is 0. The van der Waals surface area contributed by atoms with Gasteiger partial charge in [0.15, 0.2) is 0 Å². The number of rotatable bonds is 5. The predicted molar refractivity (Wildman–Crippen MR) is 112 cm³/mol. The molecule has 148 valence electrons. The fourth-order valence-corrected chi connectivity index (χ4v) is 3.77. The van der Waals surface area contributed by atoms with Gasteiger partial charge in [0, 0.05) is 13.1 Å². The zero-order valence-electron chi connectivity index (χ0n) is 15.8. The fraction of sp³-hybridized carbons (Fsp3) is 0.650. The van der Waals surface area contributed by atoms with E-state index in [1.165, 1.54) is 49.9 Å². The highest BCUT2D eigenvalue weighted by Crippen LogP contribution is 2.19. The second kappa shape index (κ2) is 11.1. The van der Waals surface area contributed by atoms with Crippen molar-refractivity contribution in [1.29, 1.82) is 0 Å². The van der Waals surface area contributed by atoms with E-state index in [0.29, 0.717) is 6.54 Å². The van der Waals surface area contributed by atoms with Crippen LogP contribution in [0.3, 0.4) is 0 Å². The first-order valence-corrected chi connectivity index (χ1v) is 9.49. The summed E-state index contributed by atoms with van der Waals surface area (Å²) in [5.74, 6) is 0.125. The van der Waals surface area contributed by atoms with Crippen molar-refractivity contribution in [1.82, 2.24) is 15.5 Å². The van der Waals surface area contributed by atoms with Gasteiger partial charge in [0.05, 0.1) is 5.54 Å². The van der Waals surface area contributed by atoms with Gasteiger partial charge < -0.3 is 10.6 Å². The molecule has 1 atom stereocenters. The van der Waals surface area contributed by atoms with E-state index in [-0.39, 0.29) is 30.7 Å². The molecule has 4 nitrogen and oxygen atoms in total. The van der Waals surface area contributed by atoms with Crippen LogP contribution in [-0.2, 0) is 17.9 Å². The van der Waals surface area contributed by atoms with Crippen molar-refractivity contribution < 1.29 is 4.79 Å². The number of piperidine rings is 2. The van der Waals surface area contributed by atoms with E-state index in [1.807, 2.05) is 6.92 Å². The highest BCUT2D eigenvalue weighted by atomic mass is 35.5. The maximum absolute atomic E-state index is 12.4. The van der Waals surface area contributed by atoms with Gasteiger partial charge in [-0.2, -0.15) is 0 Å². The van der Waals surface area contributed by atoms with Crippen LogP contribution < -0.4 is 10.6 Å². The summed E-state index contributed by atoms with van der Waals surface area (Å²) in [6.45, 7) is 7.07. The Morgan fingerprint density at radius 3 is 2.31 bits per heavy atom. The molecule has 2 saturated heterocycles. The van der Waals surface area contributed by atoms with Crippen molar-refractivity contribution in [2.45, 2.75) is 64.1 Å². The molecular weight excluding hydrogens is 369 g/mol. The number of nitrogens with one attached hydrogen (secondary N) is 2. The second-order valence-electron chi connectivity index (χ2n) is 7.55. The summed E-state index contributed by atoms with van der Waals surface area (Å²) in [5.41, 5.74) is 2.14. The van der Waals surface area contributed by atoms with Gasteiger partial charge in [-0.1, -0.05) is 30.7 Å². The minimum Gasteiger partial charge on any atom is -0.350 e. The lowest BCUT2D eigenvalue weighted by atomic mass is 9.90. The van der Waals surface area contributed by atoms with Gasteiger partial charge in [0.1, 0.15) is 0 Å². The molecular formula is C20H33Cl2N3O. The van der Waals surface area contributed by atoms with Crippen LogP contribution >= 0.6 is 24.8 Å². The Hall–Kier alpha value is -0.810. The first-order valence-electron chi connectivity index (χ1n) is 9.49. The van der Waals surface area contributed by atoms with Gasteiger partial charge in [0.2, 0.25) is 5.91 Å². The quantitative estimate of drug-likeness (QED) is 0.790. The first-order chi connectivity index (χ1) is 11.7. The Morgan fingerprint density at radius 1 is 1.04 bits per heavy atom. The van der Waals surface area contributed by atoms with E-state index >= 15 is 0 Å². The summed E-state index contributed by atoms with van der Waals surface area (Å²) in [6, 6.07) is 8.71. The van der Waals surface area contributed by atoms with E-state index in [0.717, 1.165) is 25.9 Å². The van der Waals surface area contributed by atoms with Gasteiger partial charge in [-0.3, -0.25) is 9.69 Å². The Labute approximate surface area is 170 Å². The van der Waals surface area contributed by atoms with Crippen molar-refractivity contribution >= 4 is 30.7 Å². The molecule has 6 heteroatoms. The molecule has 2 heterocycles. The topological polar surface area (TPSA) is 44.4 Å². The maximum Gasteiger partial charge on any atom is 0.240 e. The molecule has 0 spiro atoms. The number of benzene rings is 1. The lowest BCUT2D eigenvalue weighted by Gasteiger charge is -2.33. The second-order valence-corrected chi connectivity index (χ2v) is 7.55. The van der Waals surface area contributed by atoms with Crippen LogP contribution in [0.25, 0.3) is 0 Å². The molecule has 1 aromatic carbocycles. The molecule has 2 aliphatic heterocycles. The van der Waals surface area contributed by atoms with Crippen molar-refractivity contribution in [3.8, 4) is 0 Å². The summed E-state index contributed by atoms with van der Waals surface area (Å²) in [6.07, 6.45) is 7.26. The van der Waals surface area contributed by atoms with Gasteiger partial charge in [0.25, 0.3) is 0 Å². The van der Waals surface area contributed by atoms with Gasteiger partial charge in [-0.25, -0.2) is 0 Å². The van der Waals surface area contributed by atoms with Gasteiger partial charge in [-0.15, -0.1) is 24.8 Å². The third-order valence-corrected chi connectivity index (χ3v) is 5.45. The summed E-state index contributed by atoms with van der Waals surface area (Å²) in [5, 5.41) is 6.47. The monoisotopic (exact) mass is 401 g/mol. The zero-order valence-corrected chi connectivity index (χ0v) is 17.4. The minimum absolute atomic E-state index is 0. The first kappa shape index (κ1) is 23.2. The van der Waals surface area contributed by atoms with E-state index < -0.39 is 5.54 Å². The molecule has 0 bridgehead atoms. The number of nitrogens with zero attached hydrogens (tertiary/aromatic N) is 1. The highest BCUT2D eigenvalue weighted by molar-refractivity contribution is 5.86. The van der Waals surface area contributed by atoms with E-state index in [1.54, 1.807) is 0 Å². The number of carbonyl (C=O) groups excluding carboxylic acids is 1. The minimum atomic E-state index is -0.396. The van der Waals surface area contributed by atoms with Crippen LogP contribution in [0.1, 0.15) is 56.6 Å². The van der Waals surface area contributed by atoms with Crippen LogP contribution in [0, 0.1) is 0 Å². The van der Waals surface area contributed by atoms with Crippen molar-refractivity contribution in [3.05, 3.63) is 35.4 Å². The molecule has 2 N–H and O–H groups in total. The molecule has 0 aromatic heterocycles. The standard InChI is InChI=1S/C20H31N3O.2ClH/c1-20(11-3-4-12-22-20)19(24)21-15-17-7-9-18(10-8-17)16-23-13-5-2-6-14-23;;/h7-10,22H,2-6,11-16H2,1H3,(H,21,24);2*1H. The van der Waals surface area contributed by atoms with E-state index in [9.17, 15) is 4.79 Å². The Balaban J connectivity index is 0.00000169. The largest absolute Gasteiger partial charge is 0.350 e. The lowest BCUT2D eigenvalue weighted by Crippen LogP contribution is -2.56. The summed E-state index contributed by atoms with van der Waals surface area (Å²) < 4.78 is 0. The summed E-state index contributed by atoms with van der Waals surface area (Å²) in [4.78, 5) is 15.0. The molecule has 0 aliphatic carbocycles. The zero-order chi connectivity index (χ0) is 16.8. The normalized spacial score (nSPS) is 23.4. The van der Waals surface area contributed by atoms with E-state index in [4.69, 9.17) is 0 Å². The van der Waals surface area contributed by atoms with Crippen LogP contribution in [0.5, 0.6) is 0 Å². The fourth-order valence-electron chi connectivity index (χ4n) is 3.77. The third-order valence-electron chi connectivity index (χ3n) is 5.45. The Morgan fingerprint density at radius 2 is 1.69 bits per heavy atom.